The third-order valence-corrected chi connectivity index (χ3v) is 4.58. The summed E-state index contributed by atoms with van der Waals surface area (Å²) < 4.78 is 6.94. The molecule has 4 rings (SSSR count). The fourth-order valence-corrected chi connectivity index (χ4v) is 3.18. The zero-order valence-corrected chi connectivity index (χ0v) is 14.2. The number of fused-ring (bicyclic) bond motifs is 1. The molecule has 1 amide bonds. The maximum absolute atomic E-state index is 12.6. The van der Waals surface area contributed by atoms with Gasteiger partial charge in [0.05, 0.1) is 31.5 Å². The number of carbonyl (C=O) groups is 1. The third kappa shape index (κ3) is 2.77. The number of aryl methyl sites for hydroxylation is 1. The number of aromatic amines is 1. The molecule has 25 heavy (non-hydrogen) atoms. The lowest BCUT2D eigenvalue weighted by molar-refractivity contribution is -0.132. The summed E-state index contributed by atoms with van der Waals surface area (Å²) in [5.74, 6) is 0.915. The first kappa shape index (κ1) is 15.4. The molecule has 0 atom stereocenters. The van der Waals surface area contributed by atoms with Gasteiger partial charge in [-0.25, -0.2) is 0 Å². The first-order valence-corrected chi connectivity index (χ1v) is 8.11. The van der Waals surface area contributed by atoms with Crippen LogP contribution in [-0.4, -0.2) is 37.9 Å². The van der Waals surface area contributed by atoms with Crippen molar-refractivity contribution in [1.29, 1.82) is 0 Å². The Labute approximate surface area is 145 Å². The van der Waals surface area contributed by atoms with Gasteiger partial charge in [0.1, 0.15) is 11.4 Å². The summed E-state index contributed by atoms with van der Waals surface area (Å²) in [5.41, 5.74) is 4.76. The largest absolute Gasteiger partial charge is 0.497 e. The van der Waals surface area contributed by atoms with Crippen LogP contribution >= 0.6 is 0 Å². The van der Waals surface area contributed by atoms with E-state index in [1.54, 1.807) is 18.0 Å². The molecule has 0 spiro atoms. The summed E-state index contributed by atoms with van der Waals surface area (Å²) in [5, 5.41) is 11.7. The van der Waals surface area contributed by atoms with Gasteiger partial charge in [-0.15, -0.1) is 0 Å². The lowest BCUT2D eigenvalue weighted by atomic mass is 10.0. The Morgan fingerprint density at radius 2 is 2.04 bits per heavy atom. The molecule has 128 valence electrons. The molecule has 3 heterocycles. The number of carbonyl (C=O) groups excluding carboxylic acids is 1. The SMILES string of the molecule is COc1ccc(CN2Cc3[nH]nc(-c4ccnn4C)c3CC2=O)cc1. The minimum absolute atomic E-state index is 0.105. The molecule has 0 saturated carbocycles. The van der Waals surface area contributed by atoms with Gasteiger partial charge < -0.3 is 9.64 Å². The predicted molar refractivity (Wildman–Crippen MR) is 91.7 cm³/mol. The van der Waals surface area contributed by atoms with E-state index in [1.807, 2.05) is 42.3 Å². The Morgan fingerprint density at radius 1 is 1.24 bits per heavy atom. The second-order valence-electron chi connectivity index (χ2n) is 6.14. The molecule has 0 unspecified atom stereocenters. The molecule has 3 aromatic rings. The van der Waals surface area contributed by atoms with Crippen LogP contribution in [0.25, 0.3) is 11.4 Å². The van der Waals surface area contributed by atoms with Crippen LogP contribution in [0, 0.1) is 0 Å². The van der Waals surface area contributed by atoms with E-state index in [0.717, 1.165) is 34.0 Å². The van der Waals surface area contributed by atoms with E-state index in [2.05, 4.69) is 15.3 Å². The van der Waals surface area contributed by atoms with E-state index in [1.165, 1.54) is 0 Å². The average molecular weight is 337 g/mol. The summed E-state index contributed by atoms with van der Waals surface area (Å²) in [6.07, 6.45) is 2.08. The van der Waals surface area contributed by atoms with Crippen LogP contribution in [-0.2, 0) is 31.4 Å². The molecule has 7 heteroatoms. The zero-order chi connectivity index (χ0) is 17.4. The molecule has 0 saturated heterocycles. The second kappa shape index (κ2) is 6.08. The Kier molecular flexibility index (Phi) is 3.76. The van der Waals surface area contributed by atoms with Gasteiger partial charge in [0.2, 0.25) is 5.91 Å². The van der Waals surface area contributed by atoms with E-state index in [4.69, 9.17) is 4.74 Å². The first-order chi connectivity index (χ1) is 12.2. The van der Waals surface area contributed by atoms with Gasteiger partial charge in [-0.05, 0) is 23.8 Å². The van der Waals surface area contributed by atoms with Gasteiger partial charge in [-0.1, -0.05) is 12.1 Å². The highest BCUT2D eigenvalue weighted by Crippen LogP contribution is 2.29. The van der Waals surface area contributed by atoms with Gasteiger partial charge in [0.25, 0.3) is 0 Å². The van der Waals surface area contributed by atoms with Crippen LogP contribution in [0.3, 0.4) is 0 Å². The van der Waals surface area contributed by atoms with Crippen LogP contribution in [0.5, 0.6) is 5.75 Å². The van der Waals surface area contributed by atoms with Crippen LogP contribution < -0.4 is 4.74 Å². The van der Waals surface area contributed by atoms with Gasteiger partial charge in [0, 0.05) is 25.4 Å². The summed E-state index contributed by atoms with van der Waals surface area (Å²) in [6, 6.07) is 9.69. The fourth-order valence-electron chi connectivity index (χ4n) is 3.18. The van der Waals surface area contributed by atoms with Gasteiger partial charge in [-0.3, -0.25) is 14.6 Å². The molecule has 0 radical (unpaired) electrons. The van der Waals surface area contributed by atoms with Crippen molar-refractivity contribution in [3.8, 4) is 17.1 Å². The van der Waals surface area contributed by atoms with E-state index in [9.17, 15) is 4.79 Å². The van der Waals surface area contributed by atoms with E-state index in [0.29, 0.717) is 19.5 Å². The molecule has 0 aliphatic carbocycles. The monoisotopic (exact) mass is 337 g/mol. The molecule has 0 fully saturated rings. The van der Waals surface area contributed by atoms with Crippen molar-refractivity contribution in [2.75, 3.05) is 7.11 Å². The lowest BCUT2D eigenvalue weighted by Gasteiger charge is -2.27. The molecular weight excluding hydrogens is 318 g/mol. The Bertz CT molecular complexity index is 910. The highest BCUT2D eigenvalue weighted by atomic mass is 16.5. The number of ether oxygens (including phenoxy) is 1. The van der Waals surface area contributed by atoms with Crippen molar-refractivity contribution in [3.05, 3.63) is 53.3 Å². The molecule has 1 aromatic carbocycles. The normalized spacial score (nSPS) is 13.8. The van der Waals surface area contributed by atoms with Gasteiger partial charge in [-0.2, -0.15) is 10.2 Å². The second-order valence-corrected chi connectivity index (χ2v) is 6.14. The number of aromatic nitrogens is 4. The maximum atomic E-state index is 12.6. The van der Waals surface area contributed by atoms with Crippen LogP contribution in [0.2, 0.25) is 0 Å². The predicted octanol–water partition coefficient (Wildman–Crippen LogP) is 1.90. The Hall–Kier alpha value is -3.09. The Balaban J connectivity index is 1.56. The third-order valence-electron chi connectivity index (χ3n) is 4.58. The zero-order valence-electron chi connectivity index (χ0n) is 14.2. The summed E-state index contributed by atoms with van der Waals surface area (Å²) >= 11 is 0. The van der Waals surface area contributed by atoms with Gasteiger partial charge in [0.15, 0.2) is 0 Å². The van der Waals surface area contributed by atoms with Crippen molar-refractivity contribution >= 4 is 5.91 Å². The van der Waals surface area contributed by atoms with E-state index >= 15 is 0 Å². The molecular formula is C18H19N5O2. The van der Waals surface area contributed by atoms with Crippen molar-refractivity contribution in [3.63, 3.8) is 0 Å². The average Bonchev–Trinajstić information content (AvgIpc) is 3.21. The summed E-state index contributed by atoms with van der Waals surface area (Å²) in [6.45, 7) is 1.10. The van der Waals surface area contributed by atoms with Crippen molar-refractivity contribution in [1.82, 2.24) is 24.9 Å². The number of H-pyrrole nitrogens is 1. The summed E-state index contributed by atoms with van der Waals surface area (Å²) in [4.78, 5) is 14.5. The quantitative estimate of drug-likeness (QED) is 0.789. The van der Waals surface area contributed by atoms with E-state index < -0.39 is 0 Å². The standard InChI is InChI=1S/C18H19N5O2/c1-22-16(7-8-19-22)18-14-9-17(24)23(11-15(14)20-21-18)10-12-3-5-13(25-2)6-4-12/h3-8H,9-11H2,1-2H3,(H,20,21). The highest BCUT2D eigenvalue weighted by Gasteiger charge is 2.28. The maximum Gasteiger partial charge on any atom is 0.227 e. The van der Waals surface area contributed by atoms with E-state index in [-0.39, 0.29) is 5.91 Å². The number of methoxy groups -OCH3 is 1. The number of rotatable bonds is 4. The van der Waals surface area contributed by atoms with Crippen LogP contribution in [0.1, 0.15) is 16.8 Å². The van der Waals surface area contributed by atoms with Crippen LogP contribution in [0.15, 0.2) is 36.5 Å². The Morgan fingerprint density at radius 3 is 2.72 bits per heavy atom. The van der Waals surface area contributed by atoms with Crippen LogP contribution in [0.4, 0.5) is 0 Å². The van der Waals surface area contributed by atoms with Crippen molar-refractivity contribution < 1.29 is 9.53 Å². The fraction of sp³-hybridized carbons (Fsp3) is 0.278. The molecule has 1 aliphatic heterocycles. The number of hydrogen-bond donors (Lipinski definition) is 1. The molecule has 2 aromatic heterocycles. The molecule has 7 nitrogen and oxygen atoms in total. The molecule has 0 bridgehead atoms. The number of amides is 1. The number of benzene rings is 1. The highest BCUT2D eigenvalue weighted by molar-refractivity contribution is 5.83. The number of nitrogens with zero attached hydrogens (tertiary/aromatic N) is 4. The number of nitrogens with one attached hydrogen (secondary N) is 1. The van der Waals surface area contributed by atoms with Crippen molar-refractivity contribution in [2.24, 2.45) is 7.05 Å². The lowest BCUT2D eigenvalue weighted by Crippen LogP contribution is -2.35. The topological polar surface area (TPSA) is 76.0 Å². The summed E-state index contributed by atoms with van der Waals surface area (Å²) in [7, 11) is 3.51. The minimum atomic E-state index is 0.105. The number of hydrogen-bond acceptors (Lipinski definition) is 4. The molecule has 1 aliphatic rings. The van der Waals surface area contributed by atoms with Crippen molar-refractivity contribution in [2.45, 2.75) is 19.5 Å². The smallest absolute Gasteiger partial charge is 0.227 e. The van der Waals surface area contributed by atoms with Gasteiger partial charge >= 0.3 is 0 Å². The minimum Gasteiger partial charge on any atom is -0.497 e. The first-order valence-electron chi connectivity index (χ1n) is 8.11. The molecule has 1 N–H and O–H groups in total.